The molecule has 1 aromatic heterocycles. The van der Waals surface area contributed by atoms with Crippen LogP contribution in [0.15, 0.2) is 42.6 Å². The molecule has 150 valence electrons. The fraction of sp³-hybridized carbons (Fsp3) is 0.500. The Balaban J connectivity index is 1.62. The molecule has 6 heteroatoms. The van der Waals surface area contributed by atoms with Crippen LogP contribution >= 0.6 is 0 Å². The molecule has 2 heterocycles. The van der Waals surface area contributed by atoms with Crippen LogP contribution in [0, 0.1) is 0 Å². The summed E-state index contributed by atoms with van der Waals surface area (Å²) in [5.74, 6) is 1.25. The first kappa shape index (κ1) is 20.3. The first-order valence-electron chi connectivity index (χ1n) is 10.1. The van der Waals surface area contributed by atoms with E-state index in [-0.39, 0.29) is 5.97 Å². The van der Waals surface area contributed by atoms with E-state index in [0.29, 0.717) is 18.3 Å². The van der Waals surface area contributed by atoms with Crippen molar-refractivity contribution in [1.29, 1.82) is 0 Å². The quantitative estimate of drug-likeness (QED) is 0.682. The van der Waals surface area contributed by atoms with E-state index in [2.05, 4.69) is 57.0 Å². The summed E-state index contributed by atoms with van der Waals surface area (Å²) in [4.78, 5) is 25.6. The third-order valence-corrected chi connectivity index (χ3v) is 5.04. The molecule has 1 fully saturated rings. The van der Waals surface area contributed by atoms with Crippen LogP contribution in [0.25, 0.3) is 0 Å². The lowest BCUT2D eigenvalue weighted by atomic mass is 10.1. The van der Waals surface area contributed by atoms with Gasteiger partial charge in [0.1, 0.15) is 5.82 Å². The van der Waals surface area contributed by atoms with Gasteiger partial charge in [-0.2, -0.15) is 0 Å². The van der Waals surface area contributed by atoms with E-state index < -0.39 is 6.10 Å². The molecule has 0 aliphatic carbocycles. The zero-order chi connectivity index (χ0) is 19.9. The third kappa shape index (κ3) is 5.29. The predicted octanol–water partition coefficient (Wildman–Crippen LogP) is 3.59. The largest absolute Gasteiger partial charge is 0.454 e. The van der Waals surface area contributed by atoms with E-state index in [1.165, 1.54) is 5.56 Å². The van der Waals surface area contributed by atoms with Crippen molar-refractivity contribution in [3.8, 4) is 0 Å². The van der Waals surface area contributed by atoms with Gasteiger partial charge in [-0.1, -0.05) is 37.3 Å². The van der Waals surface area contributed by atoms with Crippen molar-refractivity contribution in [2.45, 2.75) is 52.3 Å². The van der Waals surface area contributed by atoms with E-state index in [0.717, 1.165) is 38.4 Å². The summed E-state index contributed by atoms with van der Waals surface area (Å²) < 4.78 is 5.44. The van der Waals surface area contributed by atoms with Gasteiger partial charge in [-0.3, -0.25) is 9.69 Å². The Morgan fingerprint density at radius 3 is 2.75 bits per heavy atom. The highest BCUT2D eigenvalue weighted by Crippen LogP contribution is 2.22. The van der Waals surface area contributed by atoms with Crippen LogP contribution in [0.1, 0.15) is 51.1 Å². The molecule has 1 aromatic carbocycles. The molecule has 0 unspecified atom stereocenters. The van der Waals surface area contributed by atoms with Crippen molar-refractivity contribution in [3.05, 3.63) is 54.0 Å². The van der Waals surface area contributed by atoms with Crippen molar-refractivity contribution < 1.29 is 9.53 Å². The standard InChI is InChI=1S/C22H30N4O2/c1-4-8-21(27)28-18(3)22-23-12-11-20(24-22)26-14-13-25(15-17(26)2)16-19-9-6-5-7-10-19/h5-7,9-12,17-18H,4,8,13-16H2,1-3H3/t17-,18-/m1/s1. The van der Waals surface area contributed by atoms with Crippen LogP contribution in [0.3, 0.4) is 0 Å². The minimum absolute atomic E-state index is 0.202. The molecule has 0 spiro atoms. The topological polar surface area (TPSA) is 58.6 Å². The highest BCUT2D eigenvalue weighted by atomic mass is 16.5. The number of esters is 1. The van der Waals surface area contributed by atoms with E-state index in [1.807, 2.05) is 19.9 Å². The van der Waals surface area contributed by atoms with E-state index in [4.69, 9.17) is 4.74 Å². The van der Waals surface area contributed by atoms with Gasteiger partial charge in [-0.25, -0.2) is 9.97 Å². The number of ether oxygens (including phenoxy) is 1. The number of rotatable bonds is 7. The molecule has 0 bridgehead atoms. The van der Waals surface area contributed by atoms with Gasteiger partial charge in [0.25, 0.3) is 0 Å². The van der Waals surface area contributed by atoms with Gasteiger partial charge in [-0.15, -0.1) is 0 Å². The summed E-state index contributed by atoms with van der Waals surface area (Å²) in [6.07, 6.45) is 2.51. The Bertz CT molecular complexity index is 768. The Hall–Kier alpha value is -2.47. The Kier molecular flexibility index (Phi) is 6.98. The zero-order valence-electron chi connectivity index (χ0n) is 17.0. The van der Waals surface area contributed by atoms with Crippen LogP contribution in [0.5, 0.6) is 0 Å². The number of benzene rings is 1. The molecule has 0 N–H and O–H groups in total. The minimum Gasteiger partial charge on any atom is -0.454 e. The zero-order valence-corrected chi connectivity index (χ0v) is 17.0. The van der Waals surface area contributed by atoms with Crippen LogP contribution in [0.4, 0.5) is 5.82 Å². The average Bonchev–Trinajstić information content (AvgIpc) is 2.69. The highest BCUT2D eigenvalue weighted by molar-refractivity contribution is 5.69. The lowest BCUT2D eigenvalue weighted by Gasteiger charge is -2.40. The van der Waals surface area contributed by atoms with Crippen molar-refractivity contribution in [2.75, 3.05) is 24.5 Å². The number of anilines is 1. The number of hydrogen-bond acceptors (Lipinski definition) is 6. The second-order valence-electron chi connectivity index (χ2n) is 7.42. The number of carbonyl (C=O) groups is 1. The molecule has 1 aliphatic heterocycles. The monoisotopic (exact) mass is 382 g/mol. The molecule has 28 heavy (non-hydrogen) atoms. The number of piperazine rings is 1. The van der Waals surface area contributed by atoms with Gasteiger partial charge in [0.15, 0.2) is 11.9 Å². The molecule has 0 saturated carbocycles. The molecular formula is C22H30N4O2. The van der Waals surface area contributed by atoms with Gasteiger partial charge in [0, 0.05) is 44.8 Å². The van der Waals surface area contributed by atoms with Crippen molar-refractivity contribution in [2.24, 2.45) is 0 Å². The number of nitrogens with zero attached hydrogens (tertiary/aromatic N) is 4. The molecule has 2 aromatic rings. The van der Waals surface area contributed by atoms with Gasteiger partial charge >= 0.3 is 5.97 Å². The average molecular weight is 383 g/mol. The van der Waals surface area contributed by atoms with Gasteiger partial charge in [-0.05, 0) is 31.9 Å². The second-order valence-corrected chi connectivity index (χ2v) is 7.42. The van der Waals surface area contributed by atoms with Crippen LogP contribution in [-0.4, -0.2) is 46.5 Å². The summed E-state index contributed by atoms with van der Waals surface area (Å²) in [6.45, 7) is 9.86. The third-order valence-electron chi connectivity index (χ3n) is 5.04. The first-order valence-corrected chi connectivity index (χ1v) is 10.1. The second kappa shape index (κ2) is 9.64. The van der Waals surface area contributed by atoms with Crippen molar-refractivity contribution in [3.63, 3.8) is 0 Å². The van der Waals surface area contributed by atoms with Crippen molar-refractivity contribution >= 4 is 11.8 Å². The maximum absolute atomic E-state index is 11.8. The van der Waals surface area contributed by atoms with Crippen LogP contribution in [-0.2, 0) is 16.1 Å². The lowest BCUT2D eigenvalue weighted by Crippen LogP contribution is -2.52. The van der Waals surface area contributed by atoms with Gasteiger partial charge in [0.05, 0.1) is 0 Å². The summed E-state index contributed by atoms with van der Waals surface area (Å²) in [7, 11) is 0. The molecule has 3 rings (SSSR count). The molecule has 1 saturated heterocycles. The predicted molar refractivity (Wildman–Crippen MR) is 110 cm³/mol. The van der Waals surface area contributed by atoms with E-state index in [9.17, 15) is 4.79 Å². The van der Waals surface area contributed by atoms with Crippen molar-refractivity contribution in [1.82, 2.24) is 14.9 Å². The summed E-state index contributed by atoms with van der Waals surface area (Å²) in [5, 5.41) is 0. The fourth-order valence-corrected chi connectivity index (χ4v) is 3.59. The highest BCUT2D eigenvalue weighted by Gasteiger charge is 2.25. The normalized spacial score (nSPS) is 18.7. The molecule has 0 amide bonds. The van der Waals surface area contributed by atoms with Gasteiger partial charge in [0.2, 0.25) is 0 Å². The molecule has 6 nitrogen and oxygen atoms in total. The van der Waals surface area contributed by atoms with E-state index in [1.54, 1.807) is 6.20 Å². The van der Waals surface area contributed by atoms with Crippen LogP contribution < -0.4 is 4.90 Å². The molecule has 0 radical (unpaired) electrons. The summed E-state index contributed by atoms with van der Waals surface area (Å²) in [6, 6.07) is 12.9. The SMILES string of the molecule is CCCC(=O)O[C@H](C)c1nccc(N2CCN(Cc3ccccc3)C[C@H]2C)n1. The molecule has 2 atom stereocenters. The minimum atomic E-state index is -0.436. The Morgan fingerprint density at radius 2 is 2.04 bits per heavy atom. The summed E-state index contributed by atoms with van der Waals surface area (Å²) in [5.41, 5.74) is 1.34. The molecule has 1 aliphatic rings. The first-order chi connectivity index (χ1) is 13.6. The Morgan fingerprint density at radius 1 is 1.25 bits per heavy atom. The smallest absolute Gasteiger partial charge is 0.306 e. The lowest BCUT2D eigenvalue weighted by molar-refractivity contribution is -0.149. The van der Waals surface area contributed by atoms with E-state index >= 15 is 0 Å². The number of carbonyl (C=O) groups excluding carboxylic acids is 1. The van der Waals surface area contributed by atoms with Crippen LogP contribution in [0.2, 0.25) is 0 Å². The molecular weight excluding hydrogens is 352 g/mol. The number of aromatic nitrogens is 2. The maximum Gasteiger partial charge on any atom is 0.306 e. The maximum atomic E-state index is 11.8. The fourth-order valence-electron chi connectivity index (χ4n) is 3.59. The summed E-state index contributed by atoms with van der Waals surface area (Å²) >= 11 is 0. The number of hydrogen-bond donors (Lipinski definition) is 0. The Labute approximate surface area is 167 Å². The van der Waals surface area contributed by atoms with Gasteiger partial charge < -0.3 is 9.64 Å².